The molecule has 7 nitrogen and oxygen atoms in total. The quantitative estimate of drug-likeness (QED) is 0.872. The number of carbonyl (C=O) groups is 1. The molecule has 1 aliphatic heterocycles. The van der Waals surface area contributed by atoms with Gasteiger partial charge in [0.1, 0.15) is 23.2 Å². The highest BCUT2D eigenvalue weighted by atomic mass is 32.1. The van der Waals surface area contributed by atoms with Crippen LogP contribution < -0.4 is 10.6 Å². The average molecular weight is 342 g/mol. The Morgan fingerprint density at radius 2 is 2.38 bits per heavy atom. The van der Waals surface area contributed by atoms with Crippen molar-refractivity contribution in [2.75, 3.05) is 11.9 Å². The number of nitriles is 1. The number of thiophene rings is 1. The third-order valence-corrected chi connectivity index (χ3v) is 5.85. The zero-order valence-electron chi connectivity index (χ0n) is 13.2. The van der Waals surface area contributed by atoms with Crippen molar-refractivity contribution >= 4 is 22.2 Å². The maximum absolute atomic E-state index is 12.2. The maximum Gasteiger partial charge on any atom is 0.238 e. The van der Waals surface area contributed by atoms with E-state index >= 15 is 0 Å². The summed E-state index contributed by atoms with van der Waals surface area (Å²) in [6.45, 7) is 0.974. The number of carbonyl (C=O) groups excluding carboxylic acids is 1. The Morgan fingerprint density at radius 3 is 3.25 bits per heavy atom. The summed E-state index contributed by atoms with van der Waals surface area (Å²) in [5.41, 5.74) is 1.79. The second-order valence-electron chi connectivity index (χ2n) is 6.20. The number of aryl methyl sites for hydroxylation is 2. The van der Waals surface area contributed by atoms with Crippen LogP contribution in [0, 0.1) is 11.3 Å². The number of hydrogen-bond donors (Lipinski definition) is 2. The lowest BCUT2D eigenvalue weighted by Crippen LogP contribution is -2.41. The van der Waals surface area contributed by atoms with Crippen molar-refractivity contribution in [3.05, 3.63) is 28.2 Å². The van der Waals surface area contributed by atoms with Gasteiger partial charge in [-0.3, -0.25) is 4.79 Å². The SMILES string of the molecule is N#Cc1c(NC(=O)CN[C@@H]2CCc3ncnn3C2)sc2c1CCC2. The lowest BCUT2D eigenvalue weighted by molar-refractivity contribution is -0.115. The van der Waals surface area contributed by atoms with Crippen LogP contribution in [0.1, 0.15) is 34.7 Å². The Kier molecular flexibility index (Phi) is 4.04. The number of anilines is 1. The van der Waals surface area contributed by atoms with E-state index in [-0.39, 0.29) is 18.5 Å². The fraction of sp³-hybridized carbons (Fsp3) is 0.500. The molecule has 0 radical (unpaired) electrons. The Balaban J connectivity index is 1.34. The van der Waals surface area contributed by atoms with E-state index in [0.29, 0.717) is 10.6 Å². The molecule has 24 heavy (non-hydrogen) atoms. The molecule has 0 saturated heterocycles. The largest absolute Gasteiger partial charge is 0.315 e. The topological polar surface area (TPSA) is 95.6 Å². The molecule has 0 aromatic carbocycles. The van der Waals surface area contributed by atoms with E-state index < -0.39 is 0 Å². The van der Waals surface area contributed by atoms with Gasteiger partial charge in [0, 0.05) is 17.3 Å². The van der Waals surface area contributed by atoms with E-state index in [1.54, 1.807) is 17.7 Å². The molecule has 0 unspecified atom stereocenters. The number of amides is 1. The second-order valence-corrected chi connectivity index (χ2v) is 7.30. The van der Waals surface area contributed by atoms with Crippen molar-refractivity contribution in [1.82, 2.24) is 20.1 Å². The monoisotopic (exact) mass is 342 g/mol. The molecular formula is C16H18N6OS. The van der Waals surface area contributed by atoms with E-state index in [1.165, 1.54) is 4.88 Å². The number of nitrogens with zero attached hydrogens (tertiary/aromatic N) is 4. The smallest absolute Gasteiger partial charge is 0.238 e. The summed E-state index contributed by atoms with van der Waals surface area (Å²) in [5.74, 6) is 0.903. The van der Waals surface area contributed by atoms with Gasteiger partial charge in [0.15, 0.2) is 0 Å². The molecule has 2 N–H and O–H groups in total. The second kappa shape index (κ2) is 6.34. The van der Waals surface area contributed by atoms with Gasteiger partial charge in [-0.1, -0.05) is 0 Å². The maximum atomic E-state index is 12.2. The van der Waals surface area contributed by atoms with Crippen molar-refractivity contribution < 1.29 is 4.79 Å². The third-order valence-electron chi connectivity index (χ3n) is 4.64. The van der Waals surface area contributed by atoms with Crippen molar-refractivity contribution in [3.63, 3.8) is 0 Å². The summed E-state index contributed by atoms with van der Waals surface area (Å²) in [6, 6.07) is 2.47. The van der Waals surface area contributed by atoms with Crippen molar-refractivity contribution in [2.24, 2.45) is 0 Å². The van der Waals surface area contributed by atoms with Crippen molar-refractivity contribution in [1.29, 1.82) is 5.26 Å². The zero-order valence-corrected chi connectivity index (χ0v) is 14.0. The summed E-state index contributed by atoms with van der Waals surface area (Å²) >= 11 is 1.55. The first-order chi connectivity index (χ1) is 11.7. The average Bonchev–Trinajstić information content (AvgIpc) is 3.27. The number of rotatable bonds is 4. The molecule has 2 aromatic rings. The lowest BCUT2D eigenvalue weighted by Gasteiger charge is -2.23. The van der Waals surface area contributed by atoms with Gasteiger partial charge >= 0.3 is 0 Å². The van der Waals surface area contributed by atoms with Crippen LogP contribution in [-0.2, 0) is 30.6 Å². The minimum Gasteiger partial charge on any atom is -0.315 e. The van der Waals surface area contributed by atoms with Gasteiger partial charge in [0.25, 0.3) is 0 Å². The number of nitrogens with one attached hydrogen (secondary N) is 2. The molecule has 2 aromatic heterocycles. The van der Waals surface area contributed by atoms with Gasteiger partial charge in [-0.2, -0.15) is 10.4 Å². The van der Waals surface area contributed by atoms with Crippen LogP contribution in [0.4, 0.5) is 5.00 Å². The van der Waals surface area contributed by atoms with Crippen LogP contribution >= 0.6 is 11.3 Å². The van der Waals surface area contributed by atoms with Gasteiger partial charge in [-0.05, 0) is 31.2 Å². The van der Waals surface area contributed by atoms with Crippen LogP contribution in [-0.4, -0.2) is 33.3 Å². The molecule has 4 rings (SSSR count). The molecule has 0 bridgehead atoms. The van der Waals surface area contributed by atoms with E-state index in [9.17, 15) is 10.1 Å². The highest BCUT2D eigenvalue weighted by Crippen LogP contribution is 2.38. The Morgan fingerprint density at radius 1 is 1.46 bits per heavy atom. The van der Waals surface area contributed by atoms with Gasteiger partial charge in [0.2, 0.25) is 5.91 Å². The predicted octanol–water partition coefficient (Wildman–Crippen LogP) is 1.24. The van der Waals surface area contributed by atoms with Crippen LogP contribution in [0.5, 0.6) is 0 Å². The summed E-state index contributed by atoms with van der Waals surface area (Å²) in [7, 11) is 0. The van der Waals surface area contributed by atoms with Crippen LogP contribution in [0.15, 0.2) is 6.33 Å². The standard InChI is InChI=1S/C16H18N6OS/c17-6-12-11-2-1-3-13(11)24-16(12)21-15(23)7-18-10-4-5-14-19-9-20-22(14)8-10/h9-10,18H,1-5,7-8H2,(H,21,23)/t10-/m1/s1. The first-order valence-electron chi connectivity index (χ1n) is 8.19. The van der Waals surface area contributed by atoms with Gasteiger partial charge < -0.3 is 10.6 Å². The minimum atomic E-state index is -0.101. The van der Waals surface area contributed by atoms with Gasteiger partial charge in [-0.15, -0.1) is 11.3 Å². The van der Waals surface area contributed by atoms with E-state index in [2.05, 4.69) is 26.8 Å². The molecule has 124 valence electrons. The fourth-order valence-corrected chi connectivity index (χ4v) is 4.68. The first kappa shape index (κ1) is 15.3. The van der Waals surface area contributed by atoms with Crippen LogP contribution in [0.2, 0.25) is 0 Å². The molecule has 0 fully saturated rings. The molecule has 1 aliphatic carbocycles. The highest BCUT2D eigenvalue weighted by molar-refractivity contribution is 7.16. The van der Waals surface area contributed by atoms with Crippen molar-refractivity contribution in [3.8, 4) is 6.07 Å². The lowest BCUT2D eigenvalue weighted by atomic mass is 10.1. The fourth-order valence-electron chi connectivity index (χ4n) is 3.42. The Labute approximate surface area is 143 Å². The molecule has 2 aliphatic rings. The zero-order chi connectivity index (χ0) is 16.5. The summed E-state index contributed by atoms with van der Waals surface area (Å²) < 4.78 is 1.89. The normalized spacial score (nSPS) is 18.7. The summed E-state index contributed by atoms with van der Waals surface area (Å²) in [6.07, 6.45) is 6.47. The first-order valence-corrected chi connectivity index (χ1v) is 9.01. The van der Waals surface area contributed by atoms with Crippen LogP contribution in [0.25, 0.3) is 0 Å². The summed E-state index contributed by atoms with van der Waals surface area (Å²) in [4.78, 5) is 17.7. The van der Waals surface area contributed by atoms with Gasteiger partial charge in [-0.25, -0.2) is 9.67 Å². The van der Waals surface area contributed by atoms with Crippen molar-refractivity contribution in [2.45, 2.75) is 44.7 Å². The van der Waals surface area contributed by atoms with Crippen LogP contribution in [0.3, 0.4) is 0 Å². The minimum absolute atomic E-state index is 0.101. The van der Waals surface area contributed by atoms with E-state index in [1.807, 2.05) is 4.68 Å². The Hall–Kier alpha value is -2.24. The predicted molar refractivity (Wildman–Crippen MR) is 89.8 cm³/mol. The molecule has 0 saturated carbocycles. The molecule has 0 spiro atoms. The highest BCUT2D eigenvalue weighted by Gasteiger charge is 2.24. The molecule has 3 heterocycles. The number of aromatic nitrogens is 3. The molecular weight excluding hydrogens is 324 g/mol. The number of fused-ring (bicyclic) bond motifs is 2. The van der Waals surface area contributed by atoms with E-state index in [4.69, 9.17) is 0 Å². The molecule has 1 atom stereocenters. The third kappa shape index (κ3) is 2.81. The Bertz CT molecular complexity index is 817. The molecule has 8 heteroatoms. The van der Waals surface area contributed by atoms with Gasteiger partial charge in [0.05, 0.1) is 18.7 Å². The summed E-state index contributed by atoms with van der Waals surface area (Å²) in [5, 5.41) is 20.4. The number of hydrogen-bond acceptors (Lipinski definition) is 6. The van der Waals surface area contributed by atoms with E-state index in [0.717, 1.165) is 50.0 Å². The molecule has 1 amide bonds.